The second-order valence-electron chi connectivity index (χ2n) is 15.0. The minimum atomic E-state index is -3.23. The molecule has 0 aliphatic carbocycles. The number of thiophene rings is 1. The molecular weight excluding hydrogens is 746 g/mol. The first kappa shape index (κ1) is 46.3. The Morgan fingerprint density at radius 2 is 1.64 bits per heavy atom. The van der Waals surface area contributed by atoms with E-state index < -0.39 is 19.9 Å². The van der Waals surface area contributed by atoms with Gasteiger partial charge in [0, 0.05) is 36.3 Å². The molecule has 306 valence electrons. The number of morpholine rings is 1. The van der Waals surface area contributed by atoms with E-state index in [9.17, 15) is 23.2 Å². The highest BCUT2D eigenvalue weighted by Gasteiger charge is 2.45. The summed E-state index contributed by atoms with van der Waals surface area (Å²) in [5, 5.41) is 3.87. The van der Waals surface area contributed by atoms with Gasteiger partial charge in [-0.1, -0.05) is 64.1 Å². The number of amides is 3. The van der Waals surface area contributed by atoms with Crippen molar-refractivity contribution in [2.45, 2.75) is 85.4 Å². The number of benzene rings is 2. The molecule has 10 nitrogen and oxygen atoms in total. The number of nitrogens with zero attached hydrogens (tertiary/aromatic N) is 2. The summed E-state index contributed by atoms with van der Waals surface area (Å²) >= 11 is 1.18. The lowest BCUT2D eigenvalue weighted by Gasteiger charge is -2.30. The standard InChI is InChI=1S/C14H16F2NO3PS.C11H13NO2.C10H19NO.C6H13N/c1-3-19-21(20-4-2)14(15,16)10-5-6-11-9(7-10)8-12(22-11)13(17)18;13-9-12-6-7-14-11(8-12)10-4-2-1-3-5-10;1-10(2,3)8-9(12)11-6-4-5-7-11;1-6-2-4-7-5-3-6/h5-8H,3-4H2,1-2H3,(H2,17,18);1-5,9,11H,6-8H2;4-8H2,1-3H3;6-7H,2-5H2,1H3. The Bertz CT molecular complexity index is 1590. The number of nitrogens with one attached hydrogen (secondary N) is 1. The van der Waals surface area contributed by atoms with Crippen LogP contribution in [-0.4, -0.2) is 87.1 Å². The Morgan fingerprint density at radius 1 is 1.00 bits per heavy atom. The molecule has 2 aromatic carbocycles. The molecule has 1 atom stereocenters. The van der Waals surface area contributed by atoms with Gasteiger partial charge in [0.25, 0.3) is 14.3 Å². The lowest BCUT2D eigenvalue weighted by molar-refractivity contribution is -0.132. The van der Waals surface area contributed by atoms with Crippen LogP contribution in [0, 0.1) is 11.3 Å². The number of carbonyl (C=O) groups is 3. The van der Waals surface area contributed by atoms with Gasteiger partial charge in [-0.05, 0) is 93.1 Å². The third kappa shape index (κ3) is 15.8. The SMILES string of the molecule is CC(C)(C)CC(=O)N1CCCC1.CC1CCNCC1.CCOP(OCC)C(F)(F)c1ccc2sc(C(N)=O)cc2c1.O=CN1CCOC(c2ccccc2)C1. The van der Waals surface area contributed by atoms with Crippen molar-refractivity contribution in [1.82, 2.24) is 15.1 Å². The molecule has 0 spiro atoms. The molecule has 55 heavy (non-hydrogen) atoms. The highest BCUT2D eigenvalue weighted by atomic mass is 32.1. The predicted octanol–water partition coefficient (Wildman–Crippen LogP) is 8.70. The molecule has 3 amide bonds. The number of fused-ring (bicyclic) bond motifs is 1. The number of likely N-dealkylation sites (tertiary alicyclic amines) is 1. The molecule has 3 N–H and O–H groups in total. The molecular formula is C41H61F2N4O6PS. The Morgan fingerprint density at radius 3 is 2.16 bits per heavy atom. The summed E-state index contributed by atoms with van der Waals surface area (Å²) in [4.78, 5) is 37.5. The van der Waals surface area contributed by atoms with Crippen LogP contribution in [0.4, 0.5) is 8.78 Å². The predicted molar refractivity (Wildman–Crippen MR) is 218 cm³/mol. The highest BCUT2D eigenvalue weighted by molar-refractivity contribution is 7.48. The molecule has 1 unspecified atom stereocenters. The van der Waals surface area contributed by atoms with Crippen molar-refractivity contribution in [3.8, 4) is 0 Å². The second-order valence-corrected chi connectivity index (χ2v) is 17.7. The van der Waals surface area contributed by atoms with Crippen LogP contribution < -0.4 is 11.1 Å². The van der Waals surface area contributed by atoms with E-state index in [2.05, 4.69) is 33.0 Å². The quantitative estimate of drug-likeness (QED) is 0.155. The Hall–Kier alpha value is -3.06. The van der Waals surface area contributed by atoms with Gasteiger partial charge in [-0.25, -0.2) is 0 Å². The molecule has 1 aromatic heterocycles. The summed E-state index contributed by atoms with van der Waals surface area (Å²) in [6.07, 6.45) is 6.74. The average Bonchev–Trinajstić information content (AvgIpc) is 3.87. The number of carbonyl (C=O) groups excluding carboxylic acids is 3. The molecule has 0 saturated carbocycles. The van der Waals surface area contributed by atoms with E-state index >= 15 is 0 Å². The maximum Gasteiger partial charge on any atom is 0.339 e. The van der Waals surface area contributed by atoms with E-state index in [1.54, 1.807) is 24.8 Å². The zero-order valence-electron chi connectivity index (χ0n) is 33.4. The van der Waals surface area contributed by atoms with Gasteiger partial charge in [0.15, 0.2) is 0 Å². The number of rotatable bonds is 10. The van der Waals surface area contributed by atoms with Gasteiger partial charge in [0.2, 0.25) is 12.3 Å². The van der Waals surface area contributed by atoms with Crippen molar-refractivity contribution in [3.63, 3.8) is 0 Å². The van der Waals surface area contributed by atoms with E-state index in [4.69, 9.17) is 19.5 Å². The topological polar surface area (TPSA) is 123 Å². The highest BCUT2D eigenvalue weighted by Crippen LogP contribution is 2.60. The average molecular weight is 807 g/mol. The first-order valence-corrected chi connectivity index (χ1v) is 21.3. The monoisotopic (exact) mass is 806 g/mol. The molecule has 3 fully saturated rings. The number of hydrogen-bond donors (Lipinski definition) is 2. The lowest BCUT2D eigenvalue weighted by Crippen LogP contribution is -2.37. The van der Waals surface area contributed by atoms with Crippen molar-refractivity contribution < 1.29 is 36.9 Å². The van der Waals surface area contributed by atoms with Crippen LogP contribution in [0.25, 0.3) is 10.1 Å². The Labute approximate surface area is 331 Å². The van der Waals surface area contributed by atoms with Crippen LogP contribution in [0.15, 0.2) is 54.6 Å². The largest absolute Gasteiger partial charge is 0.370 e. The minimum absolute atomic E-state index is 0.0372. The first-order chi connectivity index (χ1) is 26.2. The van der Waals surface area contributed by atoms with E-state index in [1.807, 2.05) is 35.2 Å². The fraction of sp³-hybridized carbons (Fsp3) is 0.585. The van der Waals surface area contributed by atoms with Crippen LogP contribution in [0.2, 0.25) is 0 Å². The van der Waals surface area contributed by atoms with Gasteiger partial charge in [0.05, 0.1) is 31.2 Å². The summed E-state index contributed by atoms with van der Waals surface area (Å²) in [7, 11) is -2.36. The van der Waals surface area contributed by atoms with Crippen LogP contribution in [-0.2, 0) is 29.0 Å². The minimum Gasteiger partial charge on any atom is -0.370 e. The first-order valence-electron chi connectivity index (χ1n) is 19.3. The van der Waals surface area contributed by atoms with Gasteiger partial charge >= 0.3 is 5.66 Å². The van der Waals surface area contributed by atoms with E-state index in [0.29, 0.717) is 42.3 Å². The fourth-order valence-electron chi connectivity index (χ4n) is 6.02. The smallest absolute Gasteiger partial charge is 0.339 e. The van der Waals surface area contributed by atoms with Crippen LogP contribution in [0.5, 0.6) is 0 Å². The zero-order chi connectivity index (χ0) is 40.4. The van der Waals surface area contributed by atoms with Crippen molar-refractivity contribution in [2.75, 3.05) is 59.1 Å². The van der Waals surface area contributed by atoms with Gasteiger partial charge in [0.1, 0.15) is 6.10 Å². The third-order valence-corrected chi connectivity index (χ3v) is 11.8. The van der Waals surface area contributed by atoms with Crippen molar-refractivity contribution in [3.05, 3.63) is 70.6 Å². The molecule has 0 radical (unpaired) electrons. The van der Waals surface area contributed by atoms with E-state index in [0.717, 1.165) is 35.7 Å². The van der Waals surface area contributed by atoms with E-state index in [1.165, 1.54) is 68.3 Å². The molecule has 0 bridgehead atoms. The summed E-state index contributed by atoms with van der Waals surface area (Å²) in [6.45, 7) is 18.7. The number of alkyl halides is 2. The summed E-state index contributed by atoms with van der Waals surface area (Å²) in [6, 6.07) is 15.8. The van der Waals surface area contributed by atoms with Crippen molar-refractivity contribution >= 4 is 48.0 Å². The summed E-state index contributed by atoms with van der Waals surface area (Å²) < 4.78 is 45.6. The van der Waals surface area contributed by atoms with Crippen molar-refractivity contribution in [1.29, 1.82) is 0 Å². The van der Waals surface area contributed by atoms with Crippen LogP contribution >= 0.6 is 19.7 Å². The van der Waals surface area contributed by atoms with E-state index in [-0.39, 0.29) is 30.3 Å². The zero-order valence-corrected chi connectivity index (χ0v) is 35.1. The Kier molecular flexibility index (Phi) is 19.6. The second kappa shape index (κ2) is 23.2. The van der Waals surface area contributed by atoms with Crippen LogP contribution in [0.1, 0.15) is 101 Å². The summed E-state index contributed by atoms with van der Waals surface area (Å²) in [5.41, 5.74) is 3.07. The number of hydrogen-bond acceptors (Lipinski definition) is 8. The van der Waals surface area contributed by atoms with Gasteiger partial charge < -0.3 is 34.6 Å². The molecule has 4 heterocycles. The maximum atomic E-state index is 14.6. The molecule has 3 aliphatic rings. The molecule has 14 heteroatoms. The van der Waals surface area contributed by atoms with Crippen LogP contribution in [0.3, 0.4) is 0 Å². The van der Waals surface area contributed by atoms with Gasteiger partial charge in [-0.3, -0.25) is 14.4 Å². The summed E-state index contributed by atoms with van der Waals surface area (Å²) in [5.74, 6) is 0.738. The number of nitrogens with two attached hydrogens (primary N) is 1. The molecule has 3 saturated heterocycles. The van der Waals surface area contributed by atoms with Gasteiger partial charge in [-0.2, -0.15) is 8.78 Å². The molecule has 3 aromatic rings. The lowest BCUT2D eigenvalue weighted by atomic mass is 9.92. The normalized spacial score (nSPS) is 17.7. The number of primary amides is 1. The third-order valence-electron chi connectivity index (χ3n) is 9.01. The number of halogens is 2. The number of ether oxygens (including phenoxy) is 1. The molecule has 3 aliphatic heterocycles. The Balaban J connectivity index is 0.000000212. The fourth-order valence-corrected chi connectivity index (χ4v) is 8.14. The van der Waals surface area contributed by atoms with Gasteiger partial charge in [-0.15, -0.1) is 11.3 Å². The number of piperidine rings is 1. The van der Waals surface area contributed by atoms with Crippen molar-refractivity contribution in [2.24, 2.45) is 17.1 Å². The maximum absolute atomic E-state index is 14.6. The molecule has 6 rings (SSSR count).